The van der Waals surface area contributed by atoms with E-state index >= 15 is 0 Å². The summed E-state index contributed by atoms with van der Waals surface area (Å²) in [4.78, 5) is 17.9. The Bertz CT molecular complexity index is 801. The molecule has 0 aliphatic rings. The van der Waals surface area contributed by atoms with Crippen LogP contribution in [0.5, 0.6) is 0 Å². The number of hydrogen-bond acceptors (Lipinski definition) is 4. The highest BCUT2D eigenvalue weighted by atomic mass is 79.9. The van der Waals surface area contributed by atoms with Gasteiger partial charge in [-0.05, 0) is 34.1 Å². The van der Waals surface area contributed by atoms with Crippen molar-refractivity contribution < 1.29 is 4.79 Å². The number of benzene rings is 1. The highest BCUT2D eigenvalue weighted by Crippen LogP contribution is 2.25. The Balaban J connectivity index is 1.97. The number of carbonyl (C=O) groups is 1. The second-order valence-electron chi connectivity index (χ2n) is 4.15. The molecule has 0 bridgehead atoms. The van der Waals surface area contributed by atoms with Gasteiger partial charge in [0.05, 0.1) is 16.1 Å². The molecule has 3 rings (SSSR count). The third-order valence-corrected chi connectivity index (χ3v) is 4.53. The van der Waals surface area contributed by atoms with Crippen LogP contribution >= 0.6 is 39.9 Å². The van der Waals surface area contributed by atoms with Crippen LogP contribution in [0.3, 0.4) is 0 Å². The van der Waals surface area contributed by atoms with Crippen molar-refractivity contribution >= 4 is 62.4 Å². The molecule has 0 saturated heterocycles. The van der Waals surface area contributed by atoms with Gasteiger partial charge in [-0.3, -0.25) is 9.78 Å². The molecule has 0 aliphatic heterocycles. The molecule has 2 heterocycles. The molecule has 3 nitrogen and oxygen atoms in total. The number of nitrogens with one attached hydrogen (secondary N) is 1. The fourth-order valence-corrected chi connectivity index (χ4v) is 3.26. The van der Waals surface area contributed by atoms with Crippen molar-refractivity contribution in [1.29, 1.82) is 0 Å². The molecule has 0 aliphatic carbocycles. The summed E-state index contributed by atoms with van der Waals surface area (Å²) in [5.41, 5.74) is 1.47. The predicted molar refractivity (Wildman–Crippen MR) is 89.0 cm³/mol. The van der Waals surface area contributed by atoms with Gasteiger partial charge in [-0.15, -0.1) is 24.0 Å². The lowest BCUT2D eigenvalue weighted by atomic mass is 10.2. The topological polar surface area (TPSA) is 42.0 Å². The Morgan fingerprint density at radius 2 is 2.20 bits per heavy atom. The summed E-state index contributed by atoms with van der Waals surface area (Å²) in [6.07, 6.45) is 1.72. The van der Waals surface area contributed by atoms with Crippen LogP contribution in [-0.4, -0.2) is 10.9 Å². The molecule has 1 amide bonds. The number of halogens is 1. The summed E-state index contributed by atoms with van der Waals surface area (Å²) >= 11 is 8.97. The van der Waals surface area contributed by atoms with E-state index in [1.807, 2.05) is 29.6 Å². The second-order valence-corrected chi connectivity index (χ2v) is 6.50. The quantitative estimate of drug-likeness (QED) is 0.652. The van der Waals surface area contributed by atoms with Gasteiger partial charge in [0.2, 0.25) is 0 Å². The number of anilines is 1. The molecule has 0 atom stereocenters. The average molecular weight is 365 g/mol. The SMILES string of the molecule is O=C(Nc1cccc2cc(Br)cnc12)c1cc(S)cs1. The molecular weight excluding hydrogens is 356 g/mol. The fourth-order valence-electron chi connectivity index (χ4n) is 1.86. The van der Waals surface area contributed by atoms with Gasteiger partial charge >= 0.3 is 0 Å². The molecule has 3 aromatic rings. The minimum absolute atomic E-state index is 0.146. The van der Waals surface area contributed by atoms with E-state index in [-0.39, 0.29) is 5.91 Å². The van der Waals surface area contributed by atoms with E-state index in [0.717, 1.165) is 20.3 Å². The van der Waals surface area contributed by atoms with Crippen molar-refractivity contribution in [2.45, 2.75) is 4.90 Å². The highest BCUT2D eigenvalue weighted by Gasteiger charge is 2.11. The number of pyridine rings is 1. The summed E-state index contributed by atoms with van der Waals surface area (Å²) in [6, 6.07) is 9.41. The van der Waals surface area contributed by atoms with E-state index in [9.17, 15) is 4.79 Å². The summed E-state index contributed by atoms with van der Waals surface area (Å²) in [5.74, 6) is -0.146. The Morgan fingerprint density at radius 3 is 2.95 bits per heavy atom. The maximum absolute atomic E-state index is 12.2. The zero-order valence-electron chi connectivity index (χ0n) is 10.1. The highest BCUT2D eigenvalue weighted by molar-refractivity contribution is 9.10. The molecular formula is C14H9BrN2OS2. The standard InChI is InChI=1S/C14H9BrN2OS2/c15-9-4-8-2-1-3-11(13(8)16-6-9)17-14(18)12-5-10(19)7-20-12/h1-7,19H,(H,17,18). The number of fused-ring (bicyclic) bond motifs is 1. The van der Waals surface area contributed by atoms with Gasteiger partial charge in [0, 0.05) is 26.3 Å². The number of para-hydroxylation sites is 1. The first-order chi connectivity index (χ1) is 9.63. The molecule has 20 heavy (non-hydrogen) atoms. The molecule has 0 fully saturated rings. The number of thiophene rings is 1. The van der Waals surface area contributed by atoms with Gasteiger partial charge < -0.3 is 5.32 Å². The number of aromatic nitrogens is 1. The van der Waals surface area contributed by atoms with Crippen LogP contribution in [0.25, 0.3) is 10.9 Å². The van der Waals surface area contributed by atoms with Crippen molar-refractivity contribution in [3.05, 3.63) is 51.3 Å². The van der Waals surface area contributed by atoms with Gasteiger partial charge in [0.1, 0.15) is 0 Å². The minimum atomic E-state index is -0.146. The van der Waals surface area contributed by atoms with E-state index in [1.165, 1.54) is 11.3 Å². The van der Waals surface area contributed by atoms with E-state index in [1.54, 1.807) is 12.3 Å². The van der Waals surface area contributed by atoms with Crippen molar-refractivity contribution in [2.75, 3.05) is 5.32 Å². The predicted octanol–water partition coefficient (Wildman–Crippen LogP) is 4.60. The third-order valence-electron chi connectivity index (χ3n) is 2.74. The van der Waals surface area contributed by atoms with Crippen molar-refractivity contribution in [3.8, 4) is 0 Å². The normalized spacial score (nSPS) is 10.7. The van der Waals surface area contributed by atoms with E-state index < -0.39 is 0 Å². The summed E-state index contributed by atoms with van der Waals surface area (Å²) < 4.78 is 0.909. The summed E-state index contributed by atoms with van der Waals surface area (Å²) in [5, 5.41) is 5.69. The monoisotopic (exact) mass is 364 g/mol. The second kappa shape index (κ2) is 5.55. The maximum atomic E-state index is 12.2. The van der Waals surface area contributed by atoms with Crippen molar-refractivity contribution in [2.24, 2.45) is 0 Å². The van der Waals surface area contributed by atoms with Crippen LogP contribution in [0.2, 0.25) is 0 Å². The molecule has 100 valence electrons. The van der Waals surface area contributed by atoms with Crippen LogP contribution in [-0.2, 0) is 0 Å². The zero-order chi connectivity index (χ0) is 14.1. The number of nitrogens with zero attached hydrogens (tertiary/aromatic N) is 1. The van der Waals surface area contributed by atoms with Gasteiger partial charge in [-0.1, -0.05) is 12.1 Å². The van der Waals surface area contributed by atoms with Gasteiger partial charge in [0.15, 0.2) is 0 Å². The number of hydrogen-bond donors (Lipinski definition) is 2. The number of amides is 1. The Kier molecular flexibility index (Phi) is 3.78. The molecule has 6 heteroatoms. The molecule has 0 spiro atoms. The fraction of sp³-hybridized carbons (Fsp3) is 0. The molecule has 0 radical (unpaired) electrons. The van der Waals surface area contributed by atoms with Crippen molar-refractivity contribution in [1.82, 2.24) is 4.98 Å². The van der Waals surface area contributed by atoms with E-state index in [4.69, 9.17) is 0 Å². The average Bonchev–Trinajstić information content (AvgIpc) is 2.85. The maximum Gasteiger partial charge on any atom is 0.265 e. The molecule has 1 aromatic carbocycles. The summed E-state index contributed by atoms with van der Waals surface area (Å²) in [6.45, 7) is 0. The number of rotatable bonds is 2. The smallest absolute Gasteiger partial charge is 0.265 e. The van der Waals surface area contributed by atoms with Gasteiger partial charge in [-0.25, -0.2) is 0 Å². The lowest BCUT2D eigenvalue weighted by Crippen LogP contribution is -2.10. The number of thiol groups is 1. The minimum Gasteiger partial charge on any atom is -0.319 e. The first kappa shape index (κ1) is 13.6. The third kappa shape index (κ3) is 2.72. The molecule has 0 saturated carbocycles. The lowest BCUT2D eigenvalue weighted by molar-refractivity contribution is 0.103. The first-order valence-corrected chi connectivity index (χ1v) is 7.88. The Hall–Kier alpha value is -1.37. The van der Waals surface area contributed by atoms with Crippen LogP contribution in [0.15, 0.2) is 51.3 Å². The van der Waals surface area contributed by atoms with E-state index in [2.05, 4.69) is 38.9 Å². The van der Waals surface area contributed by atoms with Crippen LogP contribution < -0.4 is 5.32 Å². The van der Waals surface area contributed by atoms with Crippen LogP contribution in [0, 0.1) is 0 Å². The molecule has 2 aromatic heterocycles. The van der Waals surface area contributed by atoms with Crippen LogP contribution in [0.4, 0.5) is 5.69 Å². The number of carbonyl (C=O) groups excluding carboxylic acids is 1. The Morgan fingerprint density at radius 1 is 1.35 bits per heavy atom. The Labute approximate surface area is 133 Å². The first-order valence-electron chi connectivity index (χ1n) is 5.76. The van der Waals surface area contributed by atoms with Gasteiger partial charge in [-0.2, -0.15) is 0 Å². The largest absolute Gasteiger partial charge is 0.319 e. The molecule has 0 unspecified atom stereocenters. The van der Waals surface area contributed by atoms with Crippen molar-refractivity contribution in [3.63, 3.8) is 0 Å². The van der Waals surface area contributed by atoms with Crippen LogP contribution in [0.1, 0.15) is 9.67 Å². The molecule has 1 N–H and O–H groups in total. The van der Waals surface area contributed by atoms with E-state index in [0.29, 0.717) is 10.6 Å². The zero-order valence-corrected chi connectivity index (χ0v) is 13.4. The summed E-state index contributed by atoms with van der Waals surface area (Å²) in [7, 11) is 0. The lowest BCUT2D eigenvalue weighted by Gasteiger charge is -2.07. The van der Waals surface area contributed by atoms with Gasteiger partial charge in [0.25, 0.3) is 5.91 Å².